The SMILES string of the molecule is CC(C)(C)CCNc1ccc2c(c1)OCCO2. The fraction of sp³-hybridized carbons (Fsp3) is 0.571. The van der Waals surface area contributed by atoms with Gasteiger partial charge in [0.05, 0.1) is 0 Å². The zero-order valence-electron chi connectivity index (χ0n) is 10.9. The molecule has 1 N–H and O–H groups in total. The van der Waals surface area contributed by atoms with Crippen LogP contribution in [0.3, 0.4) is 0 Å². The number of fused-ring (bicyclic) bond motifs is 1. The van der Waals surface area contributed by atoms with E-state index in [9.17, 15) is 0 Å². The molecule has 2 rings (SSSR count). The van der Waals surface area contributed by atoms with Crippen molar-refractivity contribution in [1.82, 2.24) is 0 Å². The molecule has 0 unspecified atom stereocenters. The van der Waals surface area contributed by atoms with Crippen molar-refractivity contribution < 1.29 is 9.47 Å². The van der Waals surface area contributed by atoms with Crippen LogP contribution in [-0.4, -0.2) is 19.8 Å². The fourth-order valence-electron chi connectivity index (χ4n) is 1.74. The van der Waals surface area contributed by atoms with Crippen LogP contribution in [0.15, 0.2) is 18.2 Å². The molecular weight excluding hydrogens is 214 g/mol. The molecule has 0 saturated carbocycles. The van der Waals surface area contributed by atoms with Gasteiger partial charge in [0.1, 0.15) is 13.2 Å². The predicted molar refractivity (Wildman–Crippen MR) is 70.0 cm³/mol. The van der Waals surface area contributed by atoms with Gasteiger partial charge in [0.2, 0.25) is 0 Å². The lowest BCUT2D eigenvalue weighted by Gasteiger charge is -2.21. The third-order valence-corrected chi connectivity index (χ3v) is 2.75. The number of anilines is 1. The maximum absolute atomic E-state index is 5.55. The Kier molecular flexibility index (Phi) is 3.46. The lowest BCUT2D eigenvalue weighted by Crippen LogP contribution is -2.16. The van der Waals surface area contributed by atoms with Gasteiger partial charge in [-0.3, -0.25) is 0 Å². The second-order valence-corrected chi connectivity index (χ2v) is 5.60. The molecule has 1 aromatic rings. The molecule has 0 amide bonds. The molecule has 0 saturated heterocycles. The summed E-state index contributed by atoms with van der Waals surface area (Å²) in [5, 5.41) is 3.42. The molecule has 0 bridgehead atoms. The Morgan fingerprint density at radius 3 is 2.53 bits per heavy atom. The van der Waals surface area contributed by atoms with Crippen LogP contribution in [0.4, 0.5) is 5.69 Å². The number of ether oxygens (including phenoxy) is 2. The van der Waals surface area contributed by atoms with Gasteiger partial charge < -0.3 is 14.8 Å². The summed E-state index contributed by atoms with van der Waals surface area (Å²) in [6, 6.07) is 6.02. The Morgan fingerprint density at radius 1 is 1.12 bits per heavy atom. The molecular formula is C14H21NO2. The highest BCUT2D eigenvalue weighted by molar-refractivity contribution is 5.55. The van der Waals surface area contributed by atoms with E-state index >= 15 is 0 Å². The van der Waals surface area contributed by atoms with Crippen molar-refractivity contribution in [2.24, 2.45) is 5.41 Å². The Morgan fingerprint density at radius 2 is 1.82 bits per heavy atom. The van der Waals surface area contributed by atoms with Gasteiger partial charge in [-0.05, 0) is 24.0 Å². The first-order chi connectivity index (χ1) is 8.04. The summed E-state index contributed by atoms with van der Waals surface area (Å²) in [5.41, 5.74) is 1.46. The summed E-state index contributed by atoms with van der Waals surface area (Å²) >= 11 is 0. The molecule has 94 valence electrons. The van der Waals surface area contributed by atoms with E-state index in [2.05, 4.69) is 26.1 Å². The van der Waals surface area contributed by atoms with E-state index in [4.69, 9.17) is 9.47 Å². The zero-order valence-corrected chi connectivity index (χ0v) is 10.9. The molecule has 17 heavy (non-hydrogen) atoms. The normalized spacial score (nSPS) is 14.5. The molecule has 0 fully saturated rings. The van der Waals surface area contributed by atoms with Crippen molar-refractivity contribution >= 4 is 5.69 Å². The Hall–Kier alpha value is -1.38. The van der Waals surface area contributed by atoms with Crippen LogP contribution in [0, 0.1) is 5.41 Å². The molecule has 0 spiro atoms. The molecule has 0 aromatic heterocycles. The Bertz CT molecular complexity index is 382. The van der Waals surface area contributed by atoms with Gasteiger partial charge in [0.25, 0.3) is 0 Å². The molecule has 0 aliphatic carbocycles. The molecule has 1 aliphatic rings. The van der Waals surface area contributed by atoms with Gasteiger partial charge in [-0.1, -0.05) is 20.8 Å². The number of rotatable bonds is 3. The van der Waals surface area contributed by atoms with Gasteiger partial charge >= 0.3 is 0 Å². The largest absolute Gasteiger partial charge is 0.486 e. The highest BCUT2D eigenvalue weighted by atomic mass is 16.6. The smallest absolute Gasteiger partial charge is 0.163 e. The number of nitrogens with one attached hydrogen (secondary N) is 1. The first kappa shape index (κ1) is 12.1. The van der Waals surface area contributed by atoms with E-state index in [0.29, 0.717) is 18.6 Å². The Balaban J connectivity index is 1.93. The van der Waals surface area contributed by atoms with Gasteiger partial charge in [0.15, 0.2) is 11.5 Å². The molecule has 3 heteroatoms. The summed E-state index contributed by atoms with van der Waals surface area (Å²) in [6.45, 7) is 9.00. The van der Waals surface area contributed by atoms with Crippen molar-refractivity contribution in [2.45, 2.75) is 27.2 Å². The van der Waals surface area contributed by atoms with E-state index in [1.54, 1.807) is 0 Å². The summed E-state index contributed by atoms with van der Waals surface area (Å²) in [6.07, 6.45) is 1.14. The van der Waals surface area contributed by atoms with E-state index in [-0.39, 0.29) is 0 Å². The lowest BCUT2D eigenvalue weighted by atomic mass is 9.92. The molecule has 0 radical (unpaired) electrons. The highest BCUT2D eigenvalue weighted by Gasteiger charge is 2.12. The predicted octanol–water partition coefficient (Wildman–Crippen LogP) is 3.31. The fourth-order valence-corrected chi connectivity index (χ4v) is 1.74. The standard InChI is InChI=1S/C14H21NO2/c1-14(2,3)6-7-15-11-4-5-12-13(10-11)17-9-8-16-12/h4-5,10,15H,6-9H2,1-3H3. The number of benzene rings is 1. The monoisotopic (exact) mass is 235 g/mol. The third-order valence-electron chi connectivity index (χ3n) is 2.75. The average molecular weight is 235 g/mol. The van der Waals surface area contributed by atoms with Crippen molar-refractivity contribution in [1.29, 1.82) is 0 Å². The minimum Gasteiger partial charge on any atom is -0.486 e. The molecule has 1 aliphatic heterocycles. The van der Waals surface area contributed by atoms with Gasteiger partial charge in [-0.2, -0.15) is 0 Å². The zero-order chi connectivity index (χ0) is 12.3. The number of hydrogen-bond donors (Lipinski definition) is 1. The molecule has 0 atom stereocenters. The first-order valence-electron chi connectivity index (χ1n) is 6.18. The second-order valence-electron chi connectivity index (χ2n) is 5.60. The van der Waals surface area contributed by atoms with Crippen LogP contribution >= 0.6 is 0 Å². The maximum Gasteiger partial charge on any atom is 0.163 e. The minimum absolute atomic E-state index is 0.362. The van der Waals surface area contributed by atoms with E-state index in [1.165, 1.54) is 0 Å². The van der Waals surface area contributed by atoms with Crippen LogP contribution < -0.4 is 14.8 Å². The molecule has 1 aromatic carbocycles. The van der Waals surface area contributed by atoms with Gasteiger partial charge in [-0.15, -0.1) is 0 Å². The van der Waals surface area contributed by atoms with E-state index in [0.717, 1.165) is 30.2 Å². The minimum atomic E-state index is 0.362. The third kappa shape index (κ3) is 3.55. The topological polar surface area (TPSA) is 30.5 Å². The average Bonchev–Trinajstić information content (AvgIpc) is 2.27. The molecule has 3 nitrogen and oxygen atoms in total. The number of hydrogen-bond acceptors (Lipinski definition) is 3. The maximum atomic E-state index is 5.55. The summed E-state index contributed by atoms with van der Waals surface area (Å²) in [7, 11) is 0. The van der Waals surface area contributed by atoms with Crippen LogP contribution in [0.5, 0.6) is 11.5 Å². The van der Waals surface area contributed by atoms with Gasteiger partial charge in [0, 0.05) is 18.3 Å². The first-order valence-corrected chi connectivity index (χ1v) is 6.18. The van der Waals surface area contributed by atoms with Crippen molar-refractivity contribution in [2.75, 3.05) is 25.1 Å². The second kappa shape index (κ2) is 4.86. The van der Waals surface area contributed by atoms with E-state index < -0.39 is 0 Å². The van der Waals surface area contributed by atoms with Gasteiger partial charge in [-0.25, -0.2) is 0 Å². The quantitative estimate of drug-likeness (QED) is 0.872. The summed E-state index contributed by atoms with van der Waals surface area (Å²) < 4.78 is 11.0. The van der Waals surface area contributed by atoms with Crippen molar-refractivity contribution in [3.8, 4) is 11.5 Å². The van der Waals surface area contributed by atoms with Crippen LogP contribution in [-0.2, 0) is 0 Å². The van der Waals surface area contributed by atoms with E-state index in [1.807, 2.05) is 18.2 Å². The Labute approximate surface area is 103 Å². The molecule has 1 heterocycles. The van der Waals surface area contributed by atoms with Crippen molar-refractivity contribution in [3.63, 3.8) is 0 Å². The van der Waals surface area contributed by atoms with Crippen LogP contribution in [0.1, 0.15) is 27.2 Å². The van der Waals surface area contributed by atoms with Crippen LogP contribution in [0.25, 0.3) is 0 Å². The lowest BCUT2D eigenvalue weighted by molar-refractivity contribution is 0.171. The van der Waals surface area contributed by atoms with Crippen LogP contribution in [0.2, 0.25) is 0 Å². The summed E-state index contributed by atoms with van der Waals surface area (Å²) in [5.74, 6) is 1.69. The summed E-state index contributed by atoms with van der Waals surface area (Å²) in [4.78, 5) is 0. The van der Waals surface area contributed by atoms with Crippen molar-refractivity contribution in [3.05, 3.63) is 18.2 Å². The highest BCUT2D eigenvalue weighted by Crippen LogP contribution is 2.32.